The fourth-order valence-corrected chi connectivity index (χ4v) is 1.67. The first-order chi connectivity index (χ1) is 8.15. The lowest BCUT2D eigenvalue weighted by Crippen LogP contribution is -2.38. The number of benzene rings is 1. The predicted octanol–water partition coefficient (Wildman–Crippen LogP) is 0.366. The maximum Gasteiger partial charge on any atom is 0.328 e. The van der Waals surface area contributed by atoms with E-state index in [1.807, 2.05) is 0 Å². The van der Waals surface area contributed by atoms with E-state index >= 15 is 0 Å². The first-order valence-corrected chi connectivity index (χ1v) is 5.39. The Labute approximate surface area is 98.4 Å². The zero-order chi connectivity index (χ0) is 12.3. The van der Waals surface area contributed by atoms with E-state index in [9.17, 15) is 9.59 Å². The number of rotatable bonds is 3. The summed E-state index contributed by atoms with van der Waals surface area (Å²) < 4.78 is 4.75. The highest BCUT2D eigenvalue weighted by Crippen LogP contribution is 2.11. The first kappa shape index (κ1) is 11.4. The molecular formula is C12H13NO4. The third-order valence-corrected chi connectivity index (χ3v) is 2.57. The van der Waals surface area contributed by atoms with Crippen LogP contribution in [-0.2, 0) is 20.7 Å². The van der Waals surface area contributed by atoms with Crippen LogP contribution in [0.2, 0.25) is 0 Å². The van der Waals surface area contributed by atoms with Crippen molar-refractivity contribution >= 4 is 11.9 Å². The standard InChI is InChI=1S/C12H13NO4/c14-9-3-1-8(2-4-9)7-11(15)13-10-5-6-17-12(10)16/h1-4,10,14H,5-7H2,(H,13,15)/t10-/m0/s1. The minimum Gasteiger partial charge on any atom is -0.508 e. The molecule has 0 bridgehead atoms. The predicted molar refractivity (Wildman–Crippen MR) is 59.3 cm³/mol. The van der Waals surface area contributed by atoms with Crippen LogP contribution in [0.25, 0.3) is 0 Å². The highest BCUT2D eigenvalue weighted by Gasteiger charge is 2.27. The molecule has 1 aromatic carbocycles. The molecular weight excluding hydrogens is 222 g/mol. The molecule has 2 N–H and O–H groups in total. The summed E-state index contributed by atoms with van der Waals surface area (Å²) in [6, 6.07) is 5.86. The van der Waals surface area contributed by atoms with Gasteiger partial charge in [-0.25, -0.2) is 4.79 Å². The van der Waals surface area contributed by atoms with E-state index in [4.69, 9.17) is 9.84 Å². The zero-order valence-electron chi connectivity index (χ0n) is 9.18. The van der Waals surface area contributed by atoms with Crippen molar-refractivity contribution < 1.29 is 19.4 Å². The molecule has 1 aromatic rings. The molecule has 1 heterocycles. The summed E-state index contributed by atoms with van der Waals surface area (Å²) in [6.07, 6.45) is 0.713. The second-order valence-electron chi connectivity index (χ2n) is 3.92. The van der Waals surface area contributed by atoms with Gasteiger partial charge in [0.2, 0.25) is 5.91 Å². The van der Waals surface area contributed by atoms with Crippen LogP contribution in [0.3, 0.4) is 0 Å². The van der Waals surface area contributed by atoms with Gasteiger partial charge in [0.1, 0.15) is 11.8 Å². The number of ether oxygens (including phenoxy) is 1. The van der Waals surface area contributed by atoms with Crippen LogP contribution in [0.15, 0.2) is 24.3 Å². The summed E-state index contributed by atoms with van der Waals surface area (Å²) in [6.45, 7) is 0.364. The molecule has 90 valence electrons. The van der Waals surface area contributed by atoms with Crippen molar-refractivity contribution in [1.82, 2.24) is 5.32 Å². The van der Waals surface area contributed by atoms with E-state index in [1.165, 1.54) is 12.1 Å². The summed E-state index contributed by atoms with van der Waals surface area (Å²) in [7, 11) is 0. The van der Waals surface area contributed by atoms with Crippen molar-refractivity contribution in [3.63, 3.8) is 0 Å². The van der Waals surface area contributed by atoms with Crippen LogP contribution in [0, 0.1) is 0 Å². The fourth-order valence-electron chi connectivity index (χ4n) is 1.67. The van der Waals surface area contributed by atoms with Crippen LogP contribution in [0.5, 0.6) is 5.75 Å². The van der Waals surface area contributed by atoms with Crippen LogP contribution < -0.4 is 5.32 Å². The quantitative estimate of drug-likeness (QED) is 0.742. The molecule has 5 nitrogen and oxygen atoms in total. The Morgan fingerprint density at radius 3 is 2.71 bits per heavy atom. The molecule has 1 aliphatic rings. The number of phenols is 1. The monoisotopic (exact) mass is 235 g/mol. The molecule has 0 saturated carbocycles. The molecule has 0 unspecified atom stereocenters. The first-order valence-electron chi connectivity index (χ1n) is 5.39. The van der Waals surface area contributed by atoms with E-state index in [-0.39, 0.29) is 24.0 Å². The van der Waals surface area contributed by atoms with Crippen molar-refractivity contribution in [3.05, 3.63) is 29.8 Å². The Bertz CT molecular complexity index is 427. The van der Waals surface area contributed by atoms with Gasteiger partial charge >= 0.3 is 5.97 Å². The average Bonchev–Trinajstić information content (AvgIpc) is 2.68. The largest absolute Gasteiger partial charge is 0.508 e. The maximum absolute atomic E-state index is 11.6. The third kappa shape index (κ3) is 2.96. The van der Waals surface area contributed by atoms with E-state index in [2.05, 4.69) is 5.32 Å². The summed E-state index contributed by atoms with van der Waals surface area (Å²) in [4.78, 5) is 22.8. The van der Waals surface area contributed by atoms with E-state index in [0.717, 1.165) is 5.56 Å². The Morgan fingerprint density at radius 1 is 1.41 bits per heavy atom. The normalized spacial score (nSPS) is 18.8. The molecule has 0 aromatic heterocycles. The molecule has 1 atom stereocenters. The smallest absolute Gasteiger partial charge is 0.328 e. The number of nitrogens with one attached hydrogen (secondary N) is 1. The highest BCUT2D eigenvalue weighted by molar-refractivity contribution is 5.86. The van der Waals surface area contributed by atoms with E-state index in [0.29, 0.717) is 13.0 Å². The lowest BCUT2D eigenvalue weighted by molar-refractivity contribution is -0.141. The van der Waals surface area contributed by atoms with Gasteiger partial charge in [0.25, 0.3) is 0 Å². The summed E-state index contributed by atoms with van der Waals surface area (Å²) in [5.41, 5.74) is 0.784. The SMILES string of the molecule is O=C(Cc1ccc(O)cc1)N[C@H]1CCOC1=O. The third-order valence-electron chi connectivity index (χ3n) is 2.57. The molecule has 1 aliphatic heterocycles. The molecule has 1 saturated heterocycles. The van der Waals surface area contributed by atoms with Gasteiger partial charge in [0.05, 0.1) is 13.0 Å². The van der Waals surface area contributed by atoms with Crippen molar-refractivity contribution in [1.29, 1.82) is 0 Å². The number of cyclic esters (lactones) is 1. The number of carbonyl (C=O) groups is 2. The number of amides is 1. The highest BCUT2D eigenvalue weighted by atomic mass is 16.5. The van der Waals surface area contributed by atoms with Crippen molar-refractivity contribution in [2.75, 3.05) is 6.61 Å². The summed E-state index contributed by atoms with van der Waals surface area (Å²) in [5, 5.41) is 11.7. The van der Waals surface area contributed by atoms with Crippen molar-refractivity contribution in [2.45, 2.75) is 18.9 Å². The van der Waals surface area contributed by atoms with E-state index < -0.39 is 6.04 Å². The molecule has 0 spiro atoms. The van der Waals surface area contributed by atoms with Gasteiger partial charge in [-0.1, -0.05) is 12.1 Å². The van der Waals surface area contributed by atoms with Gasteiger partial charge in [0.15, 0.2) is 0 Å². The van der Waals surface area contributed by atoms with Crippen molar-refractivity contribution in [2.24, 2.45) is 0 Å². The lowest BCUT2D eigenvalue weighted by Gasteiger charge is -2.08. The number of hydrogen-bond acceptors (Lipinski definition) is 4. The molecule has 0 radical (unpaired) electrons. The molecule has 0 aliphatic carbocycles. The number of phenolic OH excluding ortho intramolecular Hbond substituents is 1. The molecule has 17 heavy (non-hydrogen) atoms. The van der Waals surface area contributed by atoms with Crippen LogP contribution in [0.4, 0.5) is 0 Å². The van der Waals surface area contributed by atoms with Gasteiger partial charge in [-0.2, -0.15) is 0 Å². The topological polar surface area (TPSA) is 75.6 Å². The summed E-state index contributed by atoms with van der Waals surface area (Å²) >= 11 is 0. The summed E-state index contributed by atoms with van der Waals surface area (Å²) in [5.74, 6) is -0.433. The van der Waals surface area contributed by atoms with Crippen LogP contribution >= 0.6 is 0 Å². The van der Waals surface area contributed by atoms with Gasteiger partial charge < -0.3 is 15.2 Å². The van der Waals surface area contributed by atoms with Crippen molar-refractivity contribution in [3.8, 4) is 5.75 Å². The second kappa shape index (κ2) is 4.86. The second-order valence-corrected chi connectivity index (χ2v) is 3.92. The Morgan fingerprint density at radius 2 is 2.12 bits per heavy atom. The number of aromatic hydroxyl groups is 1. The molecule has 1 fully saturated rings. The van der Waals surface area contributed by atoms with Crippen LogP contribution in [0.1, 0.15) is 12.0 Å². The minimum absolute atomic E-state index is 0.161. The van der Waals surface area contributed by atoms with Gasteiger partial charge in [-0.05, 0) is 17.7 Å². The van der Waals surface area contributed by atoms with Gasteiger partial charge in [0, 0.05) is 6.42 Å². The molecule has 5 heteroatoms. The minimum atomic E-state index is -0.514. The average molecular weight is 235 g/mol. The van der Waals surface area contributed by atoms with Gasteiger partial charge in [-0.3, -0.25) is 4.79 Å². The molecule has 2 rings (SSSR count). The Balaban J connectivity index is 1.88. The zero-order valence-corrected chi connectivity index (χ0v) is 9.18. The van der Waals surface area contributed by atoms with E-state index in [1.54, 1.807) is 12.1 Å². The number of hydrogen-bond donors (Lipinski definition) is 2. The number of carbonyl (C=O) groups excluding carboxylic acids is 2. The van der Waals surface area contributed by atoms with Crippen LogP contribution in [-0.4, -0.2) is 29.6 Å². The maximum atomic E-state index is 11.6. The Kier molecular flexibility index (Phi) is 3.27. The molecule has 1 amide bonds. The van der Waals surface area contributed by atoms with Gasteiger partial charge in [-0.15, -0.1) is 0 Å². The lowest BCUT2D eigenvalue weighted by atomic mass is 10.1. The number of esters is 1. The Hall–Kier alpha value is -2.04. The fraction of sp³-hybridized carbons (Fsp3) is 0.333.